The third-order valence-electron chi connectivity index (χ3n) is 12.2. The quantitative estimate of drug-likeness (QED) is 0.0421. The predicted molar refractivity (Wildman–Crippen MR) is 276 cm³/mol. The minimum absolute atomic E-state index is 0.0729. The predicted octanol–water partition coefficient (Wildman–Crippen LogP) is 17.8. The lowest BCUT2D eigenvalue weighted by Gasteiger charge is -2.19. The number of nitrogens with one attached hydrogen (secondary N) is 1. The van der Waals surface area contributed by atoms with Crippen molar-refractivity contribution in [1.82, 2.24) is 5.32 Å². The highest BCUT2D eigenvalue weighted by Crippen LogP contribution is 2.17. The van der Waals surface area contributed by atoms with Gasteiger partial charge >= 0.3 is 0 Å². The molecule has 0 saturated heterocycles. The summed E-state index contributed by atoms with van der Waals surface area (Å²) in [6.45, 7) is 4.16. The van der Waals surface area contributed by atoms with Crippen LogP contribution in [0.5, 0.6) is 0 Å². The van der Waals surface area contributed by atoms with Crippen molar-refractivity contribution in [3.63, 3.8) is 0 Å². The van der Waals surface area contributed by atoms with Gasteiger partial charge in [0.05, 0.1) is 18.8 Å². The van der Waals surface area contributed by atoms with Crippen LogP contribution in [0, 0.1) is 0 Å². The molecule has 0 aliphatic rings. The largest absolute Gasteiger partial charge is 0.394 e. The fraction of sp³-hybridized carbons (Fsp3) is 0.776. The molecule has 0 aliphatic heterocycles. The first-order valence-electron chi connectivity index (χ1n) is 27.2. The summed E-state index contributed by atoms with van der Waals surface area (Å²) >= 11 is 0. The summed E-state index contributed by atoms with van der Waals surface area (Å²) in [7, 11) is 0. The van der Waals surface area contributed by atoms with E-state index in [0.29, 0.717) is 6.42 Å². The molecule has 2 atom stereocenters. The highest BCUT2D eigenvalue weighted by Gasteiger charge is 2.17. The molecule has 4 nitrogen and oxygen atoms in total. The fourth-order valence-corrected chi connectivity index (χ4v) is 8.07. The van der Waals surface area contributed by atoms with Crippen LogP contribution < -0.4 is 5.32 Å². The maximum atomic E-state index is 12.4. The molecule has 0 aromatic heterocycles. The van der Waals surface area contributed by atoms with Crippen molar-refractivity contribution in [1.29, 1.82) is 0 Å². The second-order valence-corrected chi connectivity index (χ2v) is 18.3. The molecule has 0 spiro atoms. The molecule has 0 bridgehead atoms. The van der Waals surface area contributed by atoms with Crippen LogP contribution in [0.3, 0.4) is 0 Å². The maximum Gasteiger partial charge on any atom is 0.220 e. The third kappa shape index (κ3) is 48.9. The van der Waals surface area contributed by atoms with Crippen molar-refractivity contribution in [2.24, 2.45) is 0 Å². The third-order valence-corrected chi connectivity index (χ3v) is 12.2. The summed E-state index contributed by atoms with van der Waals surface area (Å²) in [6.07, 6.45) is 76.5. The van der Waals surface area contributed by atoms with Gasteiger partial charge in [-0.2, -0.15) is 0 Å². The number of unbranched alkanes of at least 4 members (excludes halogenated alkanes) is 32. The number of allylic oxidation sites excluding steroid dienone is 11. The second kappa shape index (κ2) is 53.2. The highest BCUT2D eigenvalue weighted by molar-refractivity contribution is 5.76. The summed E-state index contributed by atoms with van der Waals surface area (Å²) in [5, 5.41) is 23.0. The molecule has 0 fully saturated rings. The van der Waals surface area contributed by atoms with E-state index in [-0.39, 0.29) is 12.5 Å². The normalized spacial score (nSPS) is 13.4. The molecule has 0 aromatic carbocycles. The fourth-order valence-electron chi connectivity index (χ4n) is 8.07. The Morgan fingerprint density at radius 2 is 0.726 bits per heavy atom. The first kappa shape index (κ1) is 59.8. The van der Waals surface area contributed by atoms with Gasteiger partial charge in [-0.3, -0.25) is 4.79 Å². The van der Waals surface area contributed by atoms with Crippen molar-refractivity contribution in [2.45, 2.75) is 283 Å². The lowest BCUT2D eigenvalue weighted by molar-refractivity contribution is -0.123. The number of aliphatic hydroxyl groups excluding tert-OH is 2. The Kier molecular flexibility index (Phi) is 51.3. The molecule has 2 unspecified atom stereocenters. The van der Waals surface area contributed by atoms with E-state index in [0.717, 1.165) is 57.8 Å². The van der Waals surface area contributed by atoms with Crippen molar-refractivity contribution < 1.29 is 15.0 Å². The number of carbonyl (C=O) groups excluding carboxylic acids is 1. The molecule has 0 saturated carbocycles. The zero-order valence-electron chi connectivity index (χ0n) is 41.4. The van der Waals surface area contributed by atoms with Crippen LogP contribution in [-0.4, -0.2) is 34.9 Å². The Morgan fingerprint density at radius 1 is 0.403 bits per heavy atom. The number of hydrogen-bond acceptors (Lipinski definition) is 3. The van der Waals surface area contributed by atoms with Crippen molar-refractivity contribution in [2.75, 3.05) is 6.61 Å². The van der Waals surface area contributed by atoms with Gasteiger partial charge in [0.1, 0.15) is 0 Å². The molecule has 0 radical (unpaired) electrons. The second-order valence-electron chi connectivity index (χ2n) is 18.3. The van der Waals surface area contributed by atoms with E-state index >= 15 is 0 Å². The van der Waals surface area contributed by atoms with Crippen molar-refractivity contribution in [3.05, 3.63) is 72.9 Å². The number of amides is 1. The Hall–Kier alpha value is -2.17. The molecular formula is C58H105NO3. The van der Waals surface area contributed by atoms with E-state index in [1.54, 1.807) is 6.08 Å². The Balaban J connectivity index is 3.39. The van der Waals surface area contributed by atoms with E-state index in [9.17, 15) is 15.0 Å². The molecule has 0 aliphatic carbocycles. The van der Waals surface area contributed by atoms with Crippen LogP contribution in [0.2, 0.25) is 0 Å². The number of aliphatic hydroxyl groups is 2. The summed E-state index contributed by atoms with van der Waals surface area (Å²) in [4.78, 5) is 12.4. The SMILES string of the molecule is CC/C=C\C/C=C\C/C=C\C/C=C\CCCCCCCCCCCCCCCCCCCCCCCCCCCCC(=O)NC(CO)C(O)/C=C/CC/C=C/CCCCCCC. The minimum atomic E-state index is -0.860. The standard InChI is InChI=1S/C58H105NO3/c1-3-5-7-9-11-13-15-16-17-18-19-20-21-22-23-24-25-26-27-28-29-30-31-32-33-34-35-36-37-38-39-40-41-42-44-46-48-50-52-54-58(62)59-56(55-60)57(61)53-51-49-47-45-43-14-12-10-8-6-4-2/h5,7,11,13,16-17,19-20,43,45,51,53,56-57,60-61H,3-4,6,8-10,12,14-15,18,21-42,44,46-50,52,54-55H2,1-2H3,(H,59,62)/b7-5-,13-11-,17-16-,20-19-,45-43+,53-51+. The van der Waals surface area contributed by atoms with Gasteiger partial charge in [-0.05, 0) is 70.6 Å². The number of rotatable bonds is 49. The van der Waals surface area contributed by atoms with Crippen molar-refractivity contribution in [3.8, 4) is 0 Å². The Morgan fingerprint density at radius 3 is 1.13 bits per heavy atom. The van der Waals surface area contributed by atoms with Gasteiger partial charge in [0.25, 0.3) is 0 Å². The molecule has 3 N–H and O–H groups in total. The zero-order chi connectivity index (χ0) is 44.9. The van der Waals surface area contributed by atoms with Crippen LogP contribution in [0.4, 0.5) is 0 Å². The lowest BCUT2D eigenvalue weighted by Crippen LogP contribution is -2.45. The Labute approximate surface area is 387 Å². The van der Waals surface area contributed by atoms with E-state index in [1.807, 2.05) is 6.08 Å². The average Bonchev–Trinajstić information content (AvgIpc) is 3.28. The van der Waals surface area contributed by atoms with E-state index < -0.39 is 12.1 Å². The van der Waals surface area contributed by atoms with E-state index in [2.05, 4.69) is 79.9 Å². The summed E-state index contributed by atoms with van der Waals surface area (Å²) in [6, 6.07) is -0.637. The molecule has 0 heterocycles. The monoisotopic (exact) mass is 864 g/mol. The molecule has 0 rings (SSSR count). The topological polar surface area (TPSA) is 69.6 Å². The molecular weight excluding hydrogens is 759 g/mol. The number of hydrogen-bond donors (Lipinski definition) is 3. The molecule has 0 aromatic rings. The number of carbonyl (C=O) groups is 1. The zero-order valence-corrected chi connectivity index (χ0v) is 41.4. The van der Waals surface area contributed by atoms with Gasteiger partial charge in [0, 0.05) is 6.42 Å². The van der Waals surface area contributed by atoms with Crippen LogP contribution in [0.25, 0.3) is 0 Å². The minimum Gasteiger partial charge on any atom is -0.394 e. The van der Waals surface area contributed by atoms with Gasteiger partial charge in [-0.1, -0.05) is 267 Å². The summed E-state index contributed by atoms with van der Waals surface area (Å²) in [5.41, 5.74) is 0. The van der Waals surface area contributed by atoms with Crippen LogP contribution in [0.1, 0.15) is 271 Å². The molecule has 360 valence electrons. The summed E-state index contributed by atoms with van der Waals surface area (Å²) < 4.78 is 0. The van der Waals surface area contributed by atoms with Crippen LogP contribution in [-0.2, 0) is 4.79 Å². The van der Waals surface area contributed by atoms with E-state index in [1.165, 1.54) is 193 Å². The smallest absolute Gasteiger partial charge is 0.220 e. The molecule has 62 heavy (non-hydrogen) atoms. The van der Waals surface area contributed by atoms with Gasteiger partial charge in [0.15, 0.2) is 0 Å². The van der Waals surface area contributed by atoms with E-state index in [4.69, 9.17) is 0 Å². The van der Waals surface area contributed by atoms with Crippen LogP contribution >= 0.6 is 0 Å². The maximum absolute atomic E-state index is 12.4. The summed E-state index contributed by atoms with van der Waals surface area (Å²) in [5.74, 6) is -0.0729. The van der Waals surface area contributed by atoms with Crippen molar-refractivity contribution >= 4 is 5.91 Å². The first-order valence-corrected chi connectivity index (χ1v) is 27.2. The first-order chi connectivity index (χ1) is 30.7. The van der Waals surface area contributed by atoms with Crippen LogP contribution in [0.15, 0.2) is 72.9 Å². The van der Waals surface area contributed by atoms with Gasteiger partial charge in [-0.15, -0.1) is 0 Å². The highest BCUT2D eigenvalue weighted by atomic mass is 16.3. The van der Waals surface area contributed by atoms with Gasteiger partial charge in [0.2, 0.25) is 5.91 Å². The Bertz CT molecular complexity index is 1070. The molecule has 4 heteroatoms. The average molecular weight is 864 g/mol. The lowest BCUT2D eigenvalue weighted by atomic mass is 10.0. The van der Waals surface area contributed by atoms with Gasteiger partial charge < -0.3 is 15.5 Å². The van der Waals surface area contributed by atoms with Gasteiger partial charge in [-0.25, -0.2) is 0 Å². The molecule has 1 amide bonds.